The van der Waals surface area contributed by atoms with Gasteiger partial charge < -0.3 is 15.1 Å². The van der Waals surface area contributed by atoms with Gasteiger partial charge in [-0.3, -0.25) is 9.59 Å². The Labute approximate surface area is 164 Å². The molecule has 1 heterocycles. The first kappa shape index (κ1) is 19.2. The normalized spacial score (nSPS) is 14.1. The van der Waals surface area contributed by atoms with Crippen molar-refractivity contribution in [1.29, 1.82) is 0 Å². The van der Waals surface area contributed by atoms with E-state index >= 15 is 0 Å². The Morgan fingerprint density at radius 1 is 1.04 bits per heavy atom. The number of nitrogens with one attached hydrogen (secondary N) is 1. The molecule has 3 rings (SSSR count). The Hall–Kier alpha value is -2.53. The summed E-state index contributed by atoms with van der Waals surface area (Å²) in [6, 6.07) is 15.4. The van der Waals surface area contributed by atoms with Crippen LogP contribution in [-0.4, -0.2) is 42.9 Å². The van der Waals surface area contributed by atoms with E-state index in [4.69, 9.17) is 11.6 Å². The maximum absolute atomic E-state index is 12.5. The highest BCUT2D eigenvalue weighted by molar-refractivity contribution is 6.30. The van der Waals surface area contributed by atoms with Crippen LogP contribution < -0.4 is 10.2 Å². The van der Waals surface area contributed by atoms with Crippen molar-refractivity contribution in [2.24, 2.45) is 0 Å². The van der Waals surface area contributed by atoms with E-state index in [1.165, 1.54) is 0 Å². The molecule has 1 aliphatic rings. The van der Waals surface area contributed by atoms with Crippen LogP contribution in [-0.2, 0) is 16.0 Å². The second kappa shape index (κ2) is 8.91. The SMILES string of the molecule is CCc1ccccc1NC(=O)CC(=O)N1CCN(c2cccc(Cl)c2)CC1. The highest BCUT2D eigenvalue weighted by Gasteiger charge is 2.23. The lowest BCUT2D eigenvalue weighted by Gasteiger charge is -2.36. The van der Waals surface area contributed by atoms with Crippen LogP contribution >= 0.6 is 11.6 Å². The molecule has 1 aliphatic heterocycles. The fourth-order valence-electron chi connectivity index (χ4n) is 3.28. The Balaban J connectivity index is 1.51. The van der Waals surface area contributed by atoms with Gasteiger partial charge in [0, 0.05) is 42.6 Å². The van der Waals surface area contributed by atoms with Gasteiger partial charge in [-0.15, -0.1) is 0 Å². The molecular formula is C21H24ClN3O2. The van der Waals surface area contributed by atoms with Crippen LogP contribution in [0.3, 0.4) is 0 Å². The number of nitrogens with zero attached hydrogens (tertiary/aromatic N) is 2. The van der Waals surface area contributed by atoms with E-state index < -0.39 is 0 Å². The van der Waals surface area contributed by atoms with Crippen molar-refractivity contribution in [1.82, 2.24) is 4.90 Å². The molecule has 0 radical (unpaired) electrons. The van der Waals surface area contributed by atoms with Crippen LogP contribution in [0.5, 0.6) is 0 Å². The zero-order valence-electron chi connectivity index (χ0n) is 15.5. The van der Waals surface area contributed by atoms with Crippen molar-refractivity contribution in [2.45, 2.75) is 19.8 Å². The van der Waals surface area contributed by atoms with Crippen molar-refractivity contribution < 1.29 is 9.59 Å². The lowest BCUT2D eigenvalue weighted by molar-refractivity contribution is -0.134. The van der Waals surface area contributed by atoms with Crippen LogP contribution in [0.2, 0.25) is 5.02 Å². The number of anilines is 2. The number of carbonyl (C=O) groups is 2. The van der Waals surface area contributed by atoms with Crippen LogP contribution in [0.15, 0.2) is 48.5 Å². The molecular weight excluding hydrogens is 362 g/mol. The average molecular weight is 386 g/mol. The van der Waals surface area contributed by atoms with E-state index in [1.54, 1.807) is 4.90 Å². The fourth-order valence-corrected chi connectivity index (χ4v) is 3.47. The van der Waals surface area contributed by atoms with Gasteiger partial charge in [-0.2, -0.15) is 0 Å². The largest absolute Gasteiger partial charge is 0.368 e. The molecule has 0 spiro atoms. The summed E-state index contributed by atoms with van der Waals surface area (Å²) in [4.78, 5) is 28.7. The highest BCUT2D eigenvalue weighted by atomic mass is 35.5. The maximum Gasteiger partial charge on any atom is 0.233 e. The van der Waals surface area contributed by atoms with Gasteiger partial charge >= 0.3 is 0 Å². The Kier molecular flexibility index (Phi) is 6.35. The zero-order chi connectivity index (χ0) is 19.2. The Morgan fingerprint density at radius 2 is 1.78 bits per heavy atom. The van der Waals surface area contributed by atoms with E-state index in [-0.39, 0.29) is 18.2 Å². The number of rotatable bonds is 5. The van der Waals surface area contributed by atoms with E-state index in [2.05, 4.69) is 10.2 Å². The first-order valence-electron chi connectivity index (χ1n) is 9.23. The summed E-state index contributed by atoms with van der Waals surface area (Å²) in [5.41, 5.74) is 2.90. The van der Waals surface area contributed by atoms with Crippen LogP contribution in [0.4, 0.5) is 11.4 Å². The third kappa shape index (κ3) is 5.01. The molecule has 1 saturated heterocycles. The van der Waals surface area contributed by atoms with Gasteiger partial charge in [0.25, 0.3) is 0 Å². The number of hydrogen-bond acceptors (Lipinski definition) is 3. The van der Waals surface area contributed by atoms with Crippen molar-refractivity contribution in [3.63, 3.8) is 0 Å². The summed E-state index contributed by atoms with van der Waals surface area (Å²) in [6.45, 7) is 4.70. The second-order valence-electron chi connectivity index (χ2n) is 6.58. The summed E-state index contributed by atoms with van der Waals surface area (Å²) >= 11 is 6.05. The number of benzene rings is 2. The van der Waals surface area contributed by atoms with Gasteiger partial charge in [0.15, 0.2) is 0 Å². The summed E-state index contributed by atoms with van der Waals surface area (Å²) < 4.78 is 0. The topological polar surface area (TPSA) is 52.7 Å². The smallest absolute Gasteiger partial charge is 0.233 e. The fraction of sp³-hybridized carbons (Fsp3) is 0.333. The summed E-state index contributed by atoms with van der Waals surface area (Å²) in [6.07, 6.45) is 0.699. The van der Waals surface area contributed by atoms with E-state index in [9.17, 15) is 9.59 Å². The minimum atomic E-state index is -0.266. The standard InChI is InChI=1S/C21H24ClN3O2/c1-2-16-6-3-4-9-19(16)23-20(26)15-21(27)25-12-10-24(11-13-25)18-8-5-7-17(22)14-18/h3-9,14H,2,10-13,15H2,1H3,(H,23,26). The molecule has 6 heteroatoms. The molecule has 2 aromatic carbocycles. The second-order valence-corrected chi connectivity index (χ2v) is 7.02. The predicted octanol–water partition coefficient (Wildman–Crippen LogP) is 3.58. The van der Waals surface area contributed by atoms with Crippen molar-refractivity contribution in [3.8, 4) is 0 Å². The van der Waals surface area contributed by atoms with E-state index in [0.717, 1.165) is 36.4 Å². The van der Waals surface area contributed by atoms with Crippen LogP contribution in [0.25, 0.3) is 0 Å². The molecule has 0 aromatic heterocycles. The van der Waals surface area contributed by atoms with Crippen molar-refractivity contribution >= 4 is 34.8 Å². The highest BCUT2D eigenvalue weighted by Crippen LogP contribution is 2.21. The number of hydrogen-bond donors (Lipinski definition) is 1. The number of para-hydroxylation sites is 1. The third-order valence-electron chi connectivity index (χ3n) is 4.79. The third-order valence-corrected chi connectivity index (χ3v) is 5.02. The number of halogens is 1. The molecule has 2 aromatic rings. The van der Waals surface area contributed by atoms with Crippen LogP contribution in [0, 0.1) is 0 Å². The zero-order valence-corrected chi connectivity index (χ0v) is 16.2. The van der Waals surface area contributed by atoms with Gasteiger partial charge in [-0.25, -0.2) is 0 Å². The molecule has 0 bridgehead atoms. The number of piperazine rings is 1. The van der Waals surface area contributed by atoms with Crippen molar-refractivity contribution in [2.75, 3.05) is 36.4 Å². The number of amides is 2. The monoisotopic (exact) mass is 385 g/mol. The quantitative estimate of drug-likeness (QED) is 0.800. The summed E-state index contributed by atoms with van der Waals surface area (Å²) in [5.74, 6) is -0.398. The number of aryl methyl sites for hydroxylation is 1. The molecule has 27 heavy (non-hydrogen) atoms. The molecule has 142 valence electrons. The minimum absolute atomic E-state index is 0.130. The summed E-state index contributed by atoms with van der Waals surface area (Å²) in [7, 11) is 0. The van der Waals surface area contributed by atoms with Gasteiger partial charge in [0.05, 0.1) is 0 Å². The molecule has 0 unspecified atom stereocenters. The Bertz CT molecular complexity index is 817. The molecule has 5 nitrogen and oxygen atoms in total. The molecule has 0 atom stereocenters. The van der Waals surface area contributed by atoms with Crippen LogP contribution in [0.1, 0.15) is 18.9 Å². The van der Waals surface area contributed by atoms with Gasteiger partial charge in [0.1, 0.15) is 6.42 Å². The first-order valence-corrected chi connectivity index (χ1v) is 9.60. The maximum atomic E-state index is 12.5. The molecule has 1 N–H and O–H groups in total. The molecule has 0 saturated carbocycles. The first-order chi connectivity index (χ1) is 13.1. The molecule has 2 amide bonds. The minimum Gasteiger partial charge on any atom is -0.368 e. The van der Waals surface area contributed by atoms with Crippen molar-refractivity contribution in [3.05, 3.63) is 59.1 Å². The average Bonchev–Trinajstić information content (AvgIpc) is 2.68. The molecule has 1 fully saturated rings. The summed E-state index contributed by atoms with van der Waals surface area (Å²) in [5, 5.41) is 3.56. The Morgan fingerprint density at radius 3 is 2.48 bits per heavy atom. The lowest BCUT2D eigenvalue weighted by Crippen LogP contribution is -2.49. The number of carbonyl (C=O) groups excluding carboxylic acids is 2. The van der Waals surface area contributed by atoms with Gasteiger partial charge in [-0.1, -0.05) is 42.8 Å². The predicted molar refractivity (Wildman–Crippen MR) is 109 cm³/mol. The van der Waals surface area contributed by atoms with E-state index in [0.29, 0.717) is 18.1 Å². The van der Waals surface area contributed by atoms with E-state index in [1.807, 2.05) is 55.5 Å². The van der Waals surface area contributed by atoms with Gasteiger partial charge in [-0.05, 0) is 36.2 Å². The molecule has 0 aliphatic carbocycles. The lowest BCUT2D eigenvalue weighted by atomic mass is 10.1. The van der Waals surface area contributed by atoms with Gasteiger partial charge in [0.2, 0.25) is 11.8 Å².